The number of ether oxygens (including phenoxy) is 1. The molecule has 1 rings (SSSR count). The quantitative estimate of drug-likeness (QED) is 0.690. The number of rotatable bonds is 4. The molecule has 80 valence electrons. The van der Waals surface area contributed by atoms with Crippen molar-refractivity contribution in [3.63, 3.8) is 0 Å². The minimum Gasteiger partial charge on any atom is -0.447 e. The Morgan fingerprint density at radius 1 is 1.43 bits per heavy atom. The minimum atomic E-state index is -0.550. The van der Waals surface area contributed by atoms with Gasteiger partial charge in [-0.1, -0.05) is 0 Å². The predicted molar refractivity (Wildman–Crippen MR) is 50.8 cm³/mol. The lowest BCUT2D eigenvalue weighted by Gasteiger charge is -2.09. The summed E-state index contributed by atoms with van der Waals surface area (Å²) in [7, 11) is 0. The van der Waals surface area contributed by atoms with E-state index in [0.717, 1.165) is 12.8 Å². The summed E-state index contributed by atoms with van der Waals surface area (Å²) >= 11 is 0. The second kappa shape index (κ2) is 4.83. The first-order chi connectivity index (χ1) is 6.58. The number of nitrogens with one attached hydrogen (secondary N) is 2. The molecule has 1 saturated carbocycles. The van der Waals surface area contributed by atoms with Crippen LogP contribution in [0.15, 0.2) is 0 Å². The second-order valence-corrected chi connectivity index (χ2v) is 3.65. The average Bonchev–Trinajstić information content (AvgIpc) is 2.83. The monoisotopic (exact) mass is 200 g/mol. The van der Waals surface area contributed by atoms with Crippen LogP contribution < -0.4 is 10.6 Å². The van der Waals surface area contributed by atoms with Gasteiger partial charge in [-0.15, -0.1) is 0 Å². The Kier molecular flexibility index (Phi) is 3.73. The SMILES string of the molecule is CC(C)OC(=O)NCC(=O)NC1CC1. The average molecular weight is 200 g/mol. The molecular formula is C9H16N2O3. The van der Waals surface area contributed by atoms with Crippen molar-refractivity contribution >= 4 is 12.0 Å². The van der Waals surface area contributed by atoms with E-state index in [1.165, 1.54) is 0 Å². The molecule has 2 amide bonds. The molecule has 0 bridgehead atoms. The lowest BCUT2D eigenvalue weighted by molar-refractivity contribution is -0.120. The van der Waals surface area contributed by atoms with Crippen LogP contribution in [0.2, 0.25) is 0 Å². The normalized spacial score (nSPS) is 15.1. The largest absolute Gasteiger partial charge is 0.447 e. The van der Waals surface area contributed by atoms with Crippen molar-refractivity contribution in [3.05, 3.63) is 0 Å². The van der Waals surface area contributed by atoms with Gasteiger partial charge in [-0.05, 0) is 26.7 Å². The zero-order valence-corrected chi connectivity index (χ0v) is 8.50. The van der Waals surface area contributed by atoms with Crippen LogP contribution in [-0.2, 0) is 9.53 Å². The van der Waals surface area contributed by atoms with Crippen molar-refractivity contribution in [1.29, 1.82) is 0 Å². The van der Waals surface area contributed by atoms with Crippen molar-refractivity contribution < 1.29 is 14.3 Å². The third-order valence-corrected chi connectivity index (χ3v) is 1.68. The van der Waals surface area contributed by atoms with E-state index in [0.29, 0.717) is 6.04 Å². The van der Waals surface area contributed by atoms with Gasteiger partial charge in [0.05, 0.1) is 6.10 Å². The highest BCUT2D eigenvalue weighted by molar-refractivity contribution is 5.82. The van der Waals surface area contributed by atoms with E-state index < -0.39 is 6.09 Å². The number of carbonyl (C=O) groups excluding carboxylic acids is 2. The lowest BCUT2D eigenvalue weighted by atomic mass is 10.5. The highest BCUT2D eigenvalue weighted by Crippen LogP contribution is 2.18. The maximum Gasteiger partial charge on any atom is 0.407 e. The van der Waals surface area contributed by atoms with Gasteiger partial charge in [-0.3, -0.25) is 4.79 Å². The predicted octanol–water partition coefficient (Wildman–Crippen LogP) is 0.400. The molecule has 0 radical (unpaired) electrons. The summed E-state index contributed by atoms with van der Waals surface area (Å²) in [6.45, 7) is 3.50. The molecule has 0 saturated heterocycles. The van der Waals surface area contributed by atoms with Gasteiger partial charge in [-0.25, -0.2) is 4.79 Å². The summed E-state index contributed by atoms with van der Waals surface area (Å²) in [4.78, 5) is 22.0. The molecule has 0 aliphatic heterocycles. The smallest absolute Gasteiger partial charge is 0.407 e. The zero-order valence-electron chi connectivity index (χ0n) is 8.50. The van der Waals surface area contributed by atoms with Gasteiger partial charge in [0.1, 0.15) is 6.54 Å². The van der Waals surface area contributed by atoms with Crippen LogP contribution in [0.1, 0.15) is 26.7 Å². The first-order valence-electron chi connectivity index (χ1n) is 4.82. The Morgan fingerprint density at radius 3 is 2.57 bits per heavy atom. The van der Waals surface area contributed by atoms with Crippen molar-refractivity contribution in [1.82, 2.24) is 10.6 Å². The Morgan fingerprint density at radius 2 is 2.07 bits per heavy atom. The second-order valence-electron chi connectivity index (χ2n) is 3.65. The Labute approximate surface area is 83.2 Å². The van der Waals surface area contributed by atoms with Crippen molar-refractivity contribution in [2.75, 3.05) is 6.54 Å². The molecule has 0 heterocycles. The number of hydrogen-bond acceptors (Lipinski definition) is 3. The summed E-state index contributed by atoms with van der Waals surface area (Å²) < 4.78 is 4.79. The molecule has 5 heteroatoms. The Hall–Kier alpha value is -1.26. The van der Waals surface area contributed by atoms with Gasteiger partial charge in [0.15, 0.2) is 0 Å². The summed E-state index contributed by atoms with van der Waals surface area (Å²) in [6.07, 6.45) is 1.37. The molecule has 0 aromatic rings. The summed E-state index contributed by atoms with van der Waals surface area (Å²) in [5.41, 5.74) is 0. The molecular weight excluding hydrogens is 184 g/mol. The van der Waals surface area contributed by atoms with E-state index in [9.17, 15) is 9.59 Å². The molecule has 14 heavy (non-hydrogen) atoms. The maximum absolute atomic E-state index is 11.1. The number of alkyl carbamates (subject to hydrolysis) is 1. The fourth-order valence-electron chi connectivity index (χ4n) is 0.915. The zero-order chi connectivity index (χ0) is 10.6. The highest BCUT2D eigenvalue weighted by atomic mass is 16.6. The third-order valence-electron chi connectivity index (χ3n) is 1.68. The summed E-state index contributed by atoms with van der Waals surface area (Å²) in [6, 6.07) is 0.324. The van der Waals surface area contributed by atoms with E-state index in [1.807, 2.05) is 0 Å². The van der Waals surface area contributed by atoms with Crippen LogP contribution >= 0.6 is 0 Å². The molecule has 0 aromatic carbocycles. The molecule has 0 atom stereocenters. The van der Waals surface area contributed by atoms with Gasteiger partial charge in [-0.2, -0.15) is 0 Å². The Bertz CT molecular complexity index is 208. The van der Waals surface area contributed by atoms with Gasteiger partial charge in [0.2, 0.25) is 5.91 Å². The fourth-order valence-corrected chi connectivity index (χ4v) is 0.915. The fraction of sp³-hybridized carbons (Fsp3) is 0.778. The number of amides is 2. The van der Waals surface area contributed by atoms with Crippen LogP contribution in [-0.4, -0.2) is 30.7 Å². The van der Waals surface area contributed by atoms with Gasteiger partial charge >= 0.3 is 6.09 Å². The first-order valence-corrected chi connectivity index (χ1v) is 4.82. The Balaban J connectivity index is 2.06. The lowest BCUT2D eigenvalue weighted by Crippen LogP contribution is -2.38. The highest BCUT2D eigenvalue weighted by Gasteiger charge is 2.23. The van der Waals surface area contributed by atoms with Crippen LogP contribution in [0.25, 0.3) is 0 Å². The molecule has 1 aliphatic rings. The molecule has 5 nitrogen and oxygen atoms in total. The maximum atomic E-state index is 11.1. The van der Waals surface area contributed by atoms with Gasteiger partial charge in [0.25, 0.3) is 0 Å². The molecule has 1 fully saturated rings. The minimum absolute atomic E-state index is 0.0119. The topological polar surface area (TPSA) is 67.4 Å². The van der Waals surface area contributed by atoms with Crippen molar-refractivity contribution in [2.24, 2.45) is 0 Å². The number of carbonyl (C=O) groups is 2. The summed E-state index contributed by atoms with van der Waals surface area (Å²) in [5, 5.41) is 5.13. The number of hydrogen-bond donors (Lipinski definition) is 2. The van der Waals surface area contributed by atoms with E-state index in [2.05, 4.69) is 10.6 Å². The third kappa shape index (κ3) is 4.69. The van der Waals surface area contributed by atoms with E-state index >= 15 is 0 Å². The van der Waals surface area contributed by atoms with Gasteiger partial charge < -0.3 is 15.4 Å². The molecule has 0 aromatic heterocycles. The molecule has 1 aliphatic carbocycles. The van der Waals surface area contributed by atoms with Crippen LogP contribution in [0.4, 0.5) is 4.79 Å². The molecule has 0 unspecified atom stereocenters. The standard InChI is InChI=1S/C9H16N2O3/c1-6(2)14-9(13)10-5-8(12)11-7-3-4-7/h6-7H,3-5H2,1-2H3,(H,10,13)(H,11,12). The van der Waals surface area contributed by atoms with Crippen LogP contribution in [0, 0.1) is 0 Å². The van der Waals surface area contributed by atoms with Crippen LogP contribution in [0.3, 0.4) is 0 Å². The van der Waals surface area contributed by atoms with E-state index in [-0.39, 0.29) is 18.6 Å². The molecule has 0 spiro atoms. The van der Waals surface area contributed by atoms with E-state index in [4.69, 9.17) is 4.74 Å². The first kappa shape index (κ1) is 10.8. The summed E-state index contributed by atoms with van der Waals surface area (Å²) in [5.74, 6) is -0.159. The van der Waals surface area contributed by atoms with E-state index in [1.54, 1.807) is 13.8 Å². The van der Waals surface area contributed by atoms with Crippen molar-refractivity contribution in [2.45, 2.75) is 38.8 Å². The molecule has 2 N–H and O–H groups in total. The van der Waals surface area contributed by atoms with Crippen LogP contribution in [0.5, 0.6) is 0 Å². The van der Waals surface area contributed by atoms with Crippen molar-refractivity contribution in [3.8, 4) is 0 Å². The van der Waals surface area contributed by atoms with Gasteiger partial charge in [0, 0.05) is 6.04 Å².